The van der Waals surface area contributed by atoms with Crippen molar-refractivity contribution in [3.05, 3.63) is 47.8 Å². The second-order valence-corrected chi connectivity index (χ2v) is 8.14. The molecule has 0 radical (unpaired) electrons. The summed E-state index contributed by atoms with van der Waals surface area (Å²) in [6.45, 7) is 3.37. The van der Waals surface area contributed by atoms with Gasteiger partial charge in [-0.15, -0.1) is 12.4 Å². The molecule has 29 heavy (non-hydrogen) atoms. The number of carbonyl (C=O) groups is 1. The Morgan fingerprint density at radius 3 is 2.55 bits per heavy atom. The molecule has 1 aromatic carbocycles. The first-order chi connectivity index (χ1) is 13.6. The summed E-state index contributed by atoms with van der Waals surface area (Å²) in [6.07, 6.45) is 7.18. The summed E-state index contributed by atoms with van der Waals surface area (Å²) in [5.41, 5.74) is 2.52. The number of methoxy groups -OCH3 is 1. The summed E-state index contributed by atoms with van der Waals surface area (Å²) >= 11 is 0. The fraction of sp³-hybridized carbons (Fsp3) is 0.545. The van der Waals surface area contributed by atoms with E-state index in [0.717, 1.165) is 51.2 Å². The van der Waals surface area contributed by atoms with Crippen LogP contribution in [0.25, 0.3) is 0 Å². The third-order valence-electron chi connectivity index (χ3n) is 6.29. The fourth-order valence-electron chi connectivity index (χ4n) is 4.61. The number of rotatable bonds is 5. The Morgan fingerprint density at radius 1 is 1.21 bits per heavy atom. The molecule has 2 fully saturated rings. The SMILES string of the molecule is COc1ccc(CC2CCN(C(=O)[C@H]3CNC[C@@H]3c3cnn(C)c3)CC2)cc1.Cl. The Balaban J connectivity index is 0.00000240. The van der Waals surface area contributed by atoms with Crippen LogP contribution < -0.4 is 10.1 Å². The molecule has 1 aromatic heterocycles. The molecule has 6 nitrogen and oxygen atoms in total. The molecule has 4 rings (SSSR count). The number of piperidine rings is 1. The van der Waals surface area contributed by atoms with Gasteiger partial charge in [0.1, 0.15) is 5.75 Å². The summed E-state index contributed by atoms with van der Waals surface area (Å²) < 4.78 is 7.05. The molecule has 1 amide bonds. The van der Waals surface area contributed by atoms with E-state index in [4.69, 9.17) is 4.74 Å². The van der Waals surface area contributed by atoms with Gasteiger partial charge >= 0.3 is 0 Å². The summed E-state index contributed by atoms with van der Waals surface area (Å²) in [4.78, 5) is 15.3. The van der Waals surface area contributed by atoms with Gasteiger partial charge in [0.2, 0.25) is 5.91 Å². The number of nitrogens with one attached hydrogen (secondary N) is 1. The zero-order valence-corrected chi connectivity index (χ0v) is 18.0. The lowest BCUT2D eigenvalue weighted by Crippen LogP contribution is -2.43. The van der Waals surface area contributed by atoms with Gasteiger partial charge in [-0.2, -0.15) is 5.10 Å². The predicted octanol–water partition coefficient (Wildman–Crippen LogP) is 2.63. The molecule has 2 aliphatic rings. The molecule has 2 atom stereocenters. The highest BCUT2D eigenvalue weighted by Crippen LogP contribution is 2.31. The van der Waals surface area contributed by atoms with E-state index >= 15 is 0 Å². The fourth-order valence-corrected chi connectivity index (χ4v) is 4.61. The normalized spacial score (nSPS) is 22.3. The molecule has 158 valence electrons. The third-order valence-corrected chi connectivity index (χ3v) is 6.29. The van der Waals surface area contributed by atoms with Crippen molar-refractivity contribution in [2.75, 3.05) is 33.3 Å². The standard InChI is InChI=1S/C22H30N4O2.ClH/c1-25-15-18(12-24-25)20-13-23-14-21(20)22(27)26-9-7-17(8-10-26)11-16-3-5-19(28-2)6-4-16;/h3-6,12,15,17,20-21,23H,7-11,13-14H2,1-2H3;1H/t20-,21+;/m1./s1. The zero-order valence-electron chi connectivity index (χ0n) is 17.2. The van der Waals surface area contributed by atoms with Crippen LogP contribution in [-0.4, -0.2) is 53.9 Å². The average molecular weight is 419 g/mol. The molecule has 0 bridgehead atoms. The Bertz CT molecular complexity index is 799. The Morgan fingerprint density at radius 2 is 1.93 bits per heavy atom. The maximum Gasteiger partial charge on any atom is 0.227 e. The van der Waals surface area contributed by atoms with E-state index in [9.17, 15) is 4.79 Å². The number of aromatic nitrogens is 2. The van der Waals surface area contributed by atoms with Crippen LogP contribution in [0.3, 0.4) is 0 Å². The maximum atomic E-state index is 13.2. The zero-order chi connectivity index (χ0) is 19.5. The second-order valence-electron chi connectivity index (χ2n) is 8.14. The van der Waals surface area contributed by atoms with E-state index in [0.29, 0.717) is 11.8 Å². The lowest BCUT2D eigenvalue weighted by molar-refractivity contribution is -0.136. The summed E-state index contributed by atoms with van der Waals surface area (Å²) in [5, 5.41) is 7.69. The first-order valence-electron chi connectivity index (χ1n) is 10.2. The van der Waals surface area contributed by atoms with Crippen molar-refractivity contribution in [3.8, 4) is 5.75 Å². The maximum absolute atomic E-state index is 13.2. The Labute approximate surface area is 179 Å². The molecule has 2 aliphatic heterocycles. The topological polar surface area (TPSA) is 59.4 Å². The summed E-state index contributed by atoms with van der Waals surface area (Å²) in [5.74, 6) is 2.12. The predicted molar refractivity (Wildman–Crippen MR) is 116 cm³/mol. The summed E-state index contributed by atoms with van der Waals surface area (Å²) in [6, 6.07) is 8.36. The molecule has 0 spiro atoms. The van der Waals surface area contributed by atoms with Crippen molar-refractivity contribution in [2.24, 2.45) is 18.9 Å². The van der Waals surface area contributed by atoms with Gasteiger partial charge < -0.3 is 15.0 Å². The number of ether oxygens (including phenoxy) is 1. The number of benzene rings is 1. The van der Waals surface area contributed by atoms with Crippen LogP contribution in [-0.2, 0) is 18.3 Å². The molecule has 1 N–H and O–H groups in total. The molecule has 7 heteroatoms. The Kier molecular flexibility index (Phi) is 7.19. The number of halogens is 1. The molecule has 3 heterocycles. The van der Waals surface area contributed by atoms with Gasteiger partial charge in [-0.25, -0.2) is 0 Å². The highest BCUT2D eigenvalue weighted by atomic mass is 35.5. The quantitative estimate of drug-likeness (QED) is 0.810. The lowest BCUT2D eigenvalue weighted by Gasteiger charge is -2.34. The van der Waals surface area contributed by atoms with Crippen molar-refractivity contribution in [1.29, 1.82) is 0 Å². The smallest absolute Gasteiger partial charge is 0.227 e. The van der Waals surface area contributed by atoms with E-state index in [2.05, 4.69) is 27.4 Å². The van der Waals surface area contributed by atoms with E-state index in [1.807, 2.05) is 36.3 Å². The van der Waals surface area contributed by atoms with Crippen LogP contribution >= 0.6 is 12.4 Å². The number of carbonyl (C=O) groups excluding carboxylic acids is 1. The molecular weight excluding hydrogens is 388 g/mol. The first-order valence-corrected chi connectivity index (χ1v) is 10.2. The second kappa shape index (κ2) is 9.63. The van der Waals surface area contributed by atoms with Crippen LogP contribution in [0.1, 0.15) is 29.9 Å². The van der Waals surface area contributed by atoms with Crippen molar-refractivity contribution in [2.45, 2.75) is 25.2 Å². The summed E-state index contributed by atoms with van der Waals surface area (Å²) in [7, 11) is 3.62. The largest absolute Gasteiger partial charge is 0.497 e. The van der Waals surface area contributed by atoms with Crippen molar-refractivity contribution < 1.29 is 9.53 Å². The lowest BCUT2D eigenvalue weighted by atomic mass is 9.87. The monoisotopic (exact) mass is 418 g/mol. The van der Waals surface area contributed by atoms with Crippen LogP contribution in [0.2, 0.25) is 0 Å². The molecule has 2 saturated heterocycles. The van der Waals surface area contributed by atoms with Crippen molar-refractivity contribution >= 4 is 18.3 Å². The van der Waals surface area contributed by atoms with Gasteiger partial charge in [-0.05, 0) is 48.4 Å². The van der Waals surface area contributed by atoms with Crippen LogP contribution in [0.15, 0.2) is 36.7 Å². The van der Waals surface area contributed by atoms with Crippen molar-refractivity contribution in [3.63, 3.8) is 0 Å². The Hall–Kier alpha value is -2.05. The van der Waals surface area contributed by atoms with Gasteiger partial charge in [0.15, 0.2) is 0 Å². The highest BCUT2D eigenvalue weighted by molar-refractivity contribution is 5.85. The average Bonchev–Trinajstić information content (AvgIpc) is 3.37. The third kappa shape index (κ3) is 4.93. The van der Waals surface area contributed by atoms with Gasteiger partial charge in [0.05, 0.1) is 19.2 Å². The molecule has 2 aromatic rings. The van der Waals surface area contributed by atoms with Crippen LogP contribution in [0.5, 0.6) is 5.75 Å². The van der Waals surface area contributed by atoms with Gasteiger partial charge in [0.25, 0.3) is 0 Å². The van der Waals surface area contributed by atoms with Gasteiger partial charge in [-0.1, -0.05) is 12.1 Å². The van der Waals surface area contributed by atoms with E-state index in [1.54, 1.807) is 7.11 Å². The van der Waals surface area contributed by atoms with Gasteiger partial charge in [-0.3, -0.25) is 9.48 Å². The minimum atomic E-state index is 0. The van der Waals surface area contributed by atoms with Gasteiger partial charge in [0, 0.05) is 45.3 Å². The van der Waals surface area contributed by atoms with E-state index in [1.165, 1.54) is 11.1 Å². The number of nitrogens with zero attached hydrogens (tertiary/aromatic N) is 3. The van der Waals surface area contributed by atoms with Crippen LogP contribution in [0.4, 0.5) is 0 Å². The van der Waals surface area contributed by atoms with Crippen LogP contribution in [0, 0.1) is 11.8 Å². The van der Waals surface area contributed by atoms with E-state index < -0.39 is 0 Å². The first kappa shape index (κ1) is 21.7. The number of hydrogen-bond acceptors (Lipinski definition) is 4. The molecule has 0 saturated carbocycles. The molecule has 0 aliphatic carbocycles. The molecular formula is C22H31ClN4O2. The number of aryl methyl sites for hydroxylation is 1. The number of hydrogen-bond donors (Lipinski definition) is 1. The minimum Gasteiger partial charge on any atom is -0.497 e. The van der Waals surface area contributed by atoms with E-state index in [-0.39, 0.29) is 24.2 Å². The van der Waals surface area contributed by atoms with Crippen molar-refractivity contribution in [1.82, 2.24) is 20.0 Å². The minimum absolute atomic E-state index is 0. The number of likely N-dealkylation sites (tertiary alicyclic amines) is 1. The number of amides is 1. The highest BCUT2D eigenvalue weighted by Gasteiger charge is 2.37. The molecule has 0 unspecified atom stereocenters.